The molecule has 2 rings (SSSR count). The largest absolute Gasteiger partial charge is 0.343 e. The molecule has 0 aliphatic heterocycles. The first-order valence-electron chi connectivity index (χ1n) is 5.73. The van der Waals surface area contributed by atoms with E-state index in [0.717, 1.165) is 25.7 Å². The molecule has 0 heterocycles. The fraction of sp³-hybridized carbons (Fsp3) is 0.417. The van der Waals surface area contributed by atoms with Crippen LogP contribution in [0.2, 0.25) is 0 Å². The molecular formula is C12H15FN2O2. The molecule has 0 saturated heterocycles. The molecule has 1 fully saturated rings. The van der Waals surface area contributed by atoms with E-state index >= 15 is 0 Å². The standard InChI is InChI=1S/C12H15FN2O2/c13-10-7-3-4-8-11(10)14-12(16)15-17-9-5-1-2-6-9/h3-4,7-9H,1-2,5-6H2,(H2,14,15,16). The van der Waals surface area contributed by atoms with Gasteiger partial charge in [0.1, 0.15) is 5.82 Å². The fourth-order valence-electron chi connectivity index (χ4n) is 1.85. The average Bonchev–Trinajstić information content (AvgIpc) is 2.82. The number of carbonyl (C=O) groups excluding carboxylic acids is 1. The van der Waals surface area contributed by atoms with E-state index in [0.29, 0.717) is 0 Å². The molecule has 0 radical (unpaired) electrons. The van der Waals surface area contributed by atoms with Crippen LogP contribution >= 0.6 is 0 Å². The molecule has 0 spiro atoms. The lowest BCUT2D eigenvalue weighted by Gasteiger charge is -2.12. The lowest BCUT2D eigenvalue weighted by Crippen LogP contribution is -2.32. The topological polar surface area (TPSA) is 50.4 Å². The van der Waals surface area contributed by atoms with Crippen molar-refractivity contribution in [2.45, 2.75) is 31.8 Å². The zero-order chi connectivity index (χ0) is 12.1. The van der Waals surface area contributed by atoms with Gasteiger partial charge in [0.25, 0.3) is 0 Å². The number of hydrogen-bond acceptors (Lipinski definition) is 2. The first kappa shape index (κ1) is 11.9. The fourth-order valence-corrected chi connectivity index (χ4v) is 1.85. The third-order valence-electron chi connectivity index (χ3n) is 2.74. The molecule has 2 amide bonds. The van der Waals surface area contributed by atoms with Gasteiger partial charge >= 0.3 is 6.03 Å². The highest BCUT2D eigenvalue weighted by Crippen LogP contribution is 2.20. The molecular weight excluding hydrogens is 223 g/mol. The van der Waals surface area contributed by atoms with E-state index in [-0.39, 0.29) is 11.8 Å². The molecule has 1 aromatic carbocycles. The third kappa shape index (κ3) is 3.42. The van der Waals surface area contributed by atoms with Gasteiger partial charge in [-0.15, -0.1) is 0 Å². The van der Waals surface area contributed by atoms with E-state index < -0.39 is 11.8 Å². The number of anilines is 1. The molecule has 2 N–H and O–H groups in total. The predicted molar refractivity (Wildman–Crippen MR) is 61.9 cm³/mol. The molecule has 17 heavy (non-hydrogen) atoms. The number of hydrogen-bond donors (Lipinski definition) is 2. The normalized spacial score (nSPS) is 15.8. The second kappa shape index (κ2) is 5.63. The Bertz CT molecular complexity index is 392. The van der Waals surface area contributed by atoms with E-state index in [1.807, 2.05) is 0 Å². The Labute approximate surface area is 99.1 Å². The minimum atomic E-state index is -0.554. The first-order valence-corrected chi connectivity index (χ1v) is 5.73. The van der Waals surface area contributed by atoms with Gasteiger partial charge in [-0.2, -0.15) is 0 Å². The number of rotatable bonds is 3. The van der Waals surface area contributed by atoms with Crippen molar-refractivity contribution in [3.05, 3.63) is 30.1 Å². The van der Waals surface area contributed by atoms with E-state index in [9.17, 15) is 9.18 Å². The van der Waals surface area contributed by atoms with Gasteiger partial charge in [0, 0.05) is 0 Å². The molecule has 1 saturated carbocycles. The number of para-hydroxylation sites is 1. The van der Waals surface area contributed by atoms with E-state index in [1.54, 1.807) is 12.1 Å². The van der Waals surface area contributed by atoms with Crippen LogP contribution in [0, 0.1) is 5.82 Å². The van der Waals surface area contributed by atoms with Crippen molar-refractivity contribution >= 4 is 11.7 Å². The number of urea groups is 1. The summed E-state index contributed by atoms with van der Waals surface area (Å²) >= 11 is 0. The maximum absolute atomic E-state index is 13.2. The van der Waals surface area contributed by atoms with Gasteiger partial charge in [-0.05, 0) is 25.0 Å². The summed E-state index contributed by atoms with van der Waals surface area (Å²) in [7, 11) is 0. The van der Waals surface area contributed by atoms with Gasteiger partial charge in [-0.3, -0.25) is 4.84 Å². The first-order chi connectivity index (χ1) is 8.25. The molecule has 1 aromatic rings. The summed E-state index contributed by atoms with van der Waals surface area (Å²) in [4.78, 5) is 16.6. The quantitative estimate of drug-likeness (QED) is 0.795. The number of amides is 2. The van der Waals surface area contributed by atoms with Crippen LogP contribution in [0.4, 0.5) is 14.9 Å². The van der Waals surface area contributed by atoms with Crippen LogP contribution in [0.1, 0.15) is 25.7 Å². The zero-order valence-corrected chi connectivity index (χ0v) is 9.41. The lowest BCUT2D eigenvalue weighted by atomic mass is 10.3. The summed E-state index contributed by atoms with van der Waals surface area (Å²) < 4.78 is 13.2. The van der Waals surface area contributed by atoms with Gasteiger partial charge in [0.2, 0.25) is 0 Å². The van der Waals surface area contributed by atoms with Crippen LogP contribution in [0.15, 0.2) is 24.3 Å². The van der Waals surface area contributed by atoms with Crippen LogP contribution in [-0.2, 0) is 4.84 Å². The van der Waals surface area contributed by atoms with Crippen LogP contribution in [0.3, 0.4) is 0 Å². The summed E-state index contributed by atoms with van der Waals surface area (Å²) in [6.07, 6.45) is 4.25. The summed E-state index contributed by atoms with van der Waals surface area (Å²) in [5, 5.41) is 2.38. The van der Waals surface area contributed by atoms with Crippen molar-refractivity contribution in [1.82, 2.24) is 5.48 Å². The van der Waals surface area contributed by atoms with Gasteiger partial charge < -0.3 is 5.32 Å². The van der Waals surface area contributed by atoms with E-state index in [2.05, 4.69) is 10.8 Å². The van der Waals surface area contributed by atoms with E-state index in [4.69, 9.17) is 4.84 Å². The molecule has 0 unspecified atom stereocenters. The number of nitrogens with one attached hydrogen (secondary N) is 2. The molecule has 0 bridgehead atoms. The third-order valence-corrected chi connectivity index (χ3v) is 2.74. The Hall–Kier alpha value is -1.62. The molecule has 0 aromatic heterocycles. The number of hydroxylamine groups is 1. The number of halogens is 1. The molecule has 5 heteroatoms. The molecule has 92 valence electrons. The highest BCUT2D eigenvalue weighted by Gasteiger charge is 2.17. The van der Waals surface area contributed by atoms with Crippen LogP contribution in [0.5, 0.6) is 0 Å². The van der Waals surface area contributed by atoms with Crippen LogP contribution < -0.4 is 10.8 Å². The Balaban J connectivity index is 1.79. The van der Waals surface area contributed by atoms with Crippen molar-refractivity contribution in [2.75, 3.05) is 5.32 Å². The van der Waals surface area contributed by atoms with Crippen molar-refractivity contribution < 1.29 is 14.0 Å². The van der Waals surface area contributed by atoms with E-state index in [1.165, 1.54) is 12.1 Å². The minimum Gasteiger partial charge on any atom is -0.303 e. The second-order valence-corrected chi connectivity index (χ2v) is 4.06. The highest BCUT2D eigenvalue weighted by molar-refractivity contribution is 5.88. The zero-order valence-electron chi connectivity index (χ0n) is 9.41. The molecule has 1 aliphatic rings. The van der Waals surface area contributed by atoms with Crippen molar-refractivity contribution in [3.8, 4) is 0 Å². The molecule has 4 nitrogen and oxygen atoms in total. The molecule has 1 aliphatic carbocycles. The van der Waals surface area contributed by atoms with Crippen molar-refractivity contribution in [1.29, 1.82) is 0 Å². The summed E-state index contributed by atoms with van der Waals surface area (Å²) in [6.45, 7) is 0. The smallest absolute Gasteiger partial charge is 0.303 e. The second-order valence-electron chi connectivity index (χ2n) is 4.06. The van der Waals surface area contributed by atoms with Gasteiger partial charge in [0.05, 0.1) is 11.8 Å². The van der Waals surface area contributed by atoms with Gasteiger partial charge in [0.15, 0.2) is 0 Å². The maximum Gasteiger partial charge on any atom is 0.343 e. The Kier molecular flexibility index (Phi) is 3.93. The summed E-state index contributed by atoms with van der Waals surface area (Å²) in [6, 6.07) is 5.43. The molecule has 0 atom stereocenters. The average molecular weight is 238 g/mol. The lowest BCUT2D eigenvalue weighted by molar-refractivity contribution is 0.00334. The minimum absolute atomic E-state index is 0.0846. The van der Waals surface area contributed by atoms with Crippen LogP contribution in [0.25, 0.3) is 0 Å². The summed E-state index contributed by atoms with van der Waals surface area (Å²) in [5.41, 5.74) is 2.42. The summed E-state index contributed by atoms with van der Waals surface area (Å²) in [5.74, 6) is -0.469. The Morgan fingerprint density at radius 3 is 2.71 bits per heavy atom. The van der Waals surface area contributed by atoms with Crippen molar-refractivity contribution in [2.24, 2.45) is 0 Å². The van der Waals surface area contributed by atoms with Crippen LogP contribution in [-0.4, -0.2) is 12.1 Å². The highest BCUT2D eigenvalue weighted by atomic mass is 19.1. The van der Waals surface area contributed by atoms with Gasteiger partial charge in [-0.25, -0.2) is 14.7 Å². The Morgan fingerprint density at radius 1 is 1.29 bits per heavy atom. The SMILES string of the molecule is O=C(NOC1CCCC1)Nc1ccccc1F. The predicted octanol–water partition coefficient (Wildman–Crippen LogP) is 2.82. The van der Waals surface area contributed by atoms with Crippen molar-refractivity contribution in [3.63, 3.8) is 0 Å². The maximum atomic E-state index is 13.2. The van der Waals surface area contributed by atoms with Gasteiger partial charge in [-0.1, -0.05) is 25.0 Å². The monoisotopic (exact) mass is 238 g/mol. The Morgan fingerprint density at radius 2 is 2.00 bits per heavy atom. The number of carbonyl (C=O) groups is 1. The number of benzene rings is 1.